The minimum absolute atomic E-state index is 0.0515. The molecule has 1 aliphatic rings. The van der Waals surface area contributed by atoms with E-state index in [2.05, 4.69) is 15.0 Å². The van der Waals surface area contributed by atoms with Crippen molar-refractivity contribution in [3.05, 3.63) is 47.4 Å². The molecule has 0 bridgehead atoms. The van der Waals surface area contributed by atoms with E-state index in [1.807, 2.05) is 0 Å². The van der Waals surface area contributed by atoms with E-state index < -0.39 is 6.04 Å². The number of aromatic nitrogens is 2. The van der Waals surface area contributed by atoms with Gasteiger partial charge in [-0.2, -0.15) is 4.98 Å². The van der Waals surface area contributed by atoms with E-state index in [-0.39, 0.29) is 18.3 Å². The molecule has 1 fully saturated rings. The van der Waals surface area contributed by atoms with E-state index in [1.165, 1.54) is 18.6 Å². The Kier molecular flexibility index (Phi) is 5.43. The molecule has 7 heteroatoms. The Morgan fingerprint density at radius 1 is 1.28 bits per heavy atom. The monoisotopic (exact) mass is 346 g/mol. The molecule has 0 aliphatic carbocycles. The number of rotatable bonds is 5. The molecule has 134 valence electrons. The van der Waals surface area contributed by atoms with Crippen LogP contribution in [0.2, 0.25) is 0 Å². The van der Waals surface area contributed by atoms with Crippen molar-refractivity contribution in [3.8, 4) is 0 Å². The van der Waals surface area contributed by atoms with Crippen LogP contribution in [0.1, 0.15) is 42.6 Å². The average Bonchev–Trinajstić information content (AvgIpc) is 3.02. The van der Waals surface area contributed by atoms with Crippen molar-refractivity contribution < 1.29 is 13.7 Å². The third-order valence-electron chi connectivity index (χ3n) is 4.49. The van der Waals surface area contributed by atoms with E-state index in [9.17, 15) is 9.18 Å². The van der Waals surface area contributed by atoms with Crippen molar-refractivity contribution in [1.82, 2.24) is 19.9 Å². The summed E-state index contributed by atoms with van der Waals surface area (Å²) in [6.07, 6.45) is 3.31. The van der Waals surface area contributed by atoms with Crippen LogP contribution in [0.25, 0.3) is 0 Å². The Morgan fingerprint density at radius 3 is 2.56 bits per heavy atom. The van der Waals surface area contributed by atoms with Crippen molar-refractivity contribution in [2.24, 2.45) is 0 Å². The summed E-state index contributed by atoms with van der Waals surface area (Å²) in [4.78, 5) is 21.1. The maximum Gasteiger partial charge on any atom is 0.246 e. The van der Waals surface area contributed by atoms with Crippen molar-refractivity contribution in [3.63, 3.8) is 0 Å². The van der Waals surface area contributed by atoms with Gasteiger partial charge < -0.3 is 9.42 Å². The smallest absolute Gasteiger partial charge is 0.246 e. The van der Waals surface area contributed by atoms with E-state index >= 15 is 0 Å². The predicted octanol–water partition coefficient (Wildman–Crippen LogP) is 2.70. The van der Waals surface area contributed by atoms with E-state index in [0.29, 0.717) is 11.7 Å². The molecule has 0 radical (unpaired) electrons. The summed E-state index contributed by atoms with van der Waals surface area (Å²) in [6, 6.07) is 5.77. The number of likely N-dealkylation sites (N-methyl/N-ethyl adjacent to an activating group) is 1. The molecule has 6 nitrogen and oxygen atoms in total. The van der Waals surface area contributed by atoms with Crippen LogP contribution in [0.15, 0.2) is 28.8 Å². The van der Waals surface area contributed by atoms with Crippen LogP contribution in [0.3, 0.4) is 0 Å². The van der Waals surface area contributed by atoms with Crippen LogP contribution in [-0.2, 0) is 11.3 Å². The summed E-state index contributed by atoms with van der Waals surface area (Å²) in [5.74, 6) is 0.597. The van der Waals surface area contributed by atoms with Crippen LogP contribution >= 0.6 is 0 Å². The molecule has 2 heterocycles. The fraction of sp³-hybridized carbons (Fsp3) is 0.500. The van der Waals surface area contributed by atoms with Gasteiger partial charge in [-0.25, -0.2) is 4.39 Å². The number of hydrogen-bond donors (Lipinski definition) is 0. The number of likely N-dealkylation sites (tertiary alicyclic amines) is 1. The highest BCUT2D eigenvalue weighted by molar-refractivity contribution is 5.83. The number of aryl methyl sites for hydroxylation is 1. The SMILES string of the molecule is Cc1noc(CN(C)C(=O)C(c2ccc(F)cc2)N2CCCCC2)n1. The lowest BCUT2D eigenvalue weighted by Gasteiger charge is -2.35. The zero-order valence-electron chi connectivity index (χ0n) is 14.6. The Morgan fingerprint density at radius 2 is 1.96 bits per heavy atom. The Bertz CT molecular complexity index is 710. The third-order valence-corrected chi connectivity index (χ3v) is 4.49. The zero-order chi connectivity index (χ0) is 17.8. The fourth-order valence-electron chi connectivity index (χ4n) is 3.23. The fourth-order valence-corrected chi connectivity index (χ4v) is 3.23. The second kappa shape index (κ2) is 7.74. The highest BCUT2D eigenvalue weighted by Crippen LogP contribution is 2.27. The van der Waals surface area contributed by atoms with Crippen molar-refractivity contribution in [2.75, 3.05) is 20.1 Å². The van der Waals surface area contributed by atoms with E-state index in [1.54, 1.807) is 31.0 Å². The van der Waals surface area contributed by atoms with Gasteiger partial charge in [0.1, 0.15) is 11.9 Å². The second-order valence-electron chi connectivity index (χ2n) is 6.48. The number of nitrogens with zero attached hydrogens (tertiary/aromatic N) is 4. The molecule has 1 atom stereocenters. The number of hydrogen-bond acceptors (Lipinski definition) is 5. The molecule has 25 heavy (non-hydrogen) atoms. The minimum atomic E-state index is -0.421. The molecular formula is C18H23FN4O2. The summed E-state index contributed by atoms with van der Waals surface area (Å²) >= 11 is 0. The van der Waals surface area contributed by atoms with Gasteiger partial charge in [-0.1, -0.05) is 23.7 Å². The maximum atomic E-state index is 13.3. The Hall–Kier alpha value is -2.28. The lowest BCUT2D eigenvalue weighted by molar-refractivity contribution is -0.137. The standard InChI is InChI=1S/C18H23FN4O2/c1-13-20-16(25-21-13)12-22(2)18(24)17(23-10-4-3-5-11-23)14-6-8-15(19)9-7-14/h6-9,17H,3-5,10-12H2,1-2H3. The lowest BCUT2D eigenvalue weighted by atomic mass is 10.0. The first-order valence-corrected chi connectivity index (χ1v) is 8.58. The van der Waals surface area contributed by atoms with E-state index in [0.717, 1.165) is 31.5 Å². The first kappa shape index (κ1) is 17.5. The van der Waals surface area contributed by atoms with Gasteiger partial charge in [0.25, 0.3) is 0 Å². The van der Waals surface area contributed by atoms with Gasteiger partial charge in [0.15, 0.2) is 5.82 Å². The zero-order valence-corrected chi connectivity index (χ0v) is 14.6. The number of carbonyl (C=O) groups is 1. The van der Waals surface area contributed by atoms with Gasteiger partial charge in [-0.05, 0) is 50.6 Å². The van der Waals surface area contributed by atoms with Gasteiger partial charge in [-0.3, -0.25) is 9.69 Å². The predicted molar refractivity (Wildman–Crippen MR) is 90.1 cm³/mol. The third kappa shape index (κ3) is 4.22. The first-order chi connectivity index (χ1) is 12.0. The van der Waals surface area contributed by atoms with E-state index in [4.69, 9.17) is 4.52 Å². The minimum Gasteiger partial charge on any atom is -0.337 e. The van der Waals surface area contributed by atoms with Crippen LogP contribution in [0, 0.1) is 12.7 Å². The van der Waals surface area contributed by atoms with Crippen LogP contribution in [0.5, 0.6) is 0 Å². The molecule has 2 aromatic rings. The lowest BCUT2D eigenvalue weighted by Crippen LogP contribution is -2.43. The van der Waals surface area contributed by atoms with Crippen molar-refractivity contribution >= 4 is 5.91 Å². The molecule has 1 unspecified atom stereocenters. The molecule has 3 rings (SSSR count). The highest BCUT2D eigenvalue weighted by Gasteiger charge is 2.31. The number of halogens is 1. The summed E-state index contributed by atoms with van der Waals surface area (Å²) in [5.41, 5.74) is 0.807. The molecule has 1 aliphatic heterocycles. The highest BCUT2D eigenvalue weighted by atomic mass is 19.1. The van der Waals surface area contributed by atoms with Crippen LogP contribution in [-0.4, -0.2) is 46.0 Å². The number of amides is 1. The molecule has 1 aromatic heterocycles. The van der Waals surface area contributed by atoms with Gasteiger partial charge in [0.2, 0.25) is 11.8 Å². The topological polar surface area (TPSA) is 62.5 Å². The van der Waals surface area contributed by atoms with Crippen LogP contribution < -0.4 is 0 Å². The molecular weight excluding hydrogens is 323 g/mol. The summed E-state index contributed by atoms with van der Waals surface area (Å²) < 4.78 is 18.4. The van der Waals surface area contributed by atoms with Crippen LogP contribution in [0.4, 0.5) is 4.39 Å². The summed E-state index contributed by atoms with van der Waals surface area (Å²) in [7, 11) is 1.72. The summed E-state index contributed by atoms with van der Waals surface area (Å²) in [6.45, 7) is 3.72. The quantitative estimate of drug-likeness (QED) is 0.833. The molecule has 1 amide bonds. The molecule has 1 aromatic carbocycles. The maximum absolute atomic E-state index is 13.3. The Labute approximate surface area is 146 Å². The Balaban J connectivity index is 1.81. The van der Waals surface area contributed by atoms with Gasteiger partial charge >= 0.3 is 0 Å². The van der Waals surface area contributed by atoms with Gasteiger partial charge in [0, 0.05) is 7.05 Å². The van der Waals surface area contributed by atoms with Crippen molar-refractivity contribution in [1.29, 1.82) is 0 Å². The normalized spacial score (nSPS) is 16.6. The number of carbonyl (C=O) groups excluding carboxylic acids is 1. The summed E-state index contributed by atoms with van der Waals surface area (Å²) in [5, 5.41) is 3.76. The van der Waals surface area contributed by atoms with Crippen molar-refractivity contribution in [2.45, 2.75) is 38.8 Å². The largest absolute Gasteiger partial charge is 0.337 e. The molecule has 1 saturated heterocycles. The second-order valence-corrected chi connectivity index (χ2v) is 6.48. The average molecular weight is 346 g/mol. The molecule has 0 saturated carbocycles. The molecule has 0 spiro atoms. The van der Waals surface area contributed by atoms with Gasteiger partial charge in [-0.15, -0.1) is 0 Å². The number of benzene rings is 1. The first-order valence-electron chi connectivity index (χ1n) is 8.58. The van der Waals surface area contributed by atoms with Gasteiger partial charge in [0.05, 0.1) is 6.54 Å². The molecule has 0 N–H and O–H groups in total. The number of piperidine rings is 1.